The molecule has 9 nitrogen and oxygen atoms in total. The van der Waals surface area contributed by atoms with Crippen LogP contribution in [0.3, 0.4) is 0 Å². The first-order valence-corrected chi connectivity index (χ1v) is 11.1. The molecule has 0 spiro atoms. The number of esters is 1. The summed E-state index contributed by atoms with van der Waals surface area (Å²) in [5.74, 6) is -1.44. The second-order valence-electron chi connectivity index (χ2n) is 5.94. The van der Waals surface area contributed by atoms with Gasteiger partial charge in [-0.05, 0) is 29.3 Å². The number of nitrogens with zero attached hydrogens (tertiary/aromatic N) is 2. The smallest absolute Gasteiger partial charge is 0.330 e. The van der Waals surface area contributed by atoms with E-state index in [4.69, 9.17) is 0 Å². The Hall–Kier alpha value is -2.57. The van der Waals surface area contributed by atoms with Gasteiger partial charge in [-0.1, -0.05) is 42.5 Å². The lowest BCUT2D eigenvalue weighted by atomic mass is 10.1. The van der Waals surface area contributed by atoms with Crippen molar-refractivity contribution < 1.29 is 26.7 Å². The summed E-state index contributed by atoms with van der Waals surface area (Å²) < 4.78 is 54.7. The topological polar surface area (TPSA) is 119 Å². The zero-order valence-electron chi connectivity index (χ0n) is 15.3. The predicted molar refractivity (Wildman–Crippen MR) is 105 cm³/mol. The molecule has 0 saturated carbocycles. The highest BCUT2D eigenvalue weighted by Gasteiger charge is 2.39. The maximum absolute atomic E-state index is 13.2. The number of fused-ring (bicyclic) bond motifs is 1. The van der Waals surface area contributed by atoms with Crippen LogP contribution in [-0.4, -0.2) is 45.7 Å². The summed E-state index contributed by atoms with van der Waals surface area (Å²) in [4.78, 5) is 11.5. The van der Waals surface area contributed by atoms with Crippen molar-refractivity contribution in [3.63, 3.8) is 0 Å². The molecule has 3 rings (SSSR count). The highest BCUT2D eigenvalue weighted by atomic mass is 32.2. The van der Waals surface area contributed by atoms with E-state index in [1.165, 1.54) is 30.4 Å². The number of para-hydroxylation sites is 1. The third kappa shape index (κ3) is 4.54. The van der Waals surface area contributed by atoms with E-state index in [2.05, 4.69) is 10.2 Å². The molecular formula is C18H18N3O6S2-. The second-order valence-corrected chi connectivity index (χ2v) is 8.65. The quantitative estimate of drug-likeness (QED) is 0.394. The molecule has 0 radical (unpaired) electrons. The van der Waals surface area contributed by atoms with Gasteiger partial charge in [0.05, 0.1) is 29.6 Å². The number of nitrogens with one attached hydrogen (secondary N) is 1. The van der Waals surface area contributed by atoms with Gasteiger partial charge < -0.3 is 14.7 Å². The van der Waals surface area contributed by atoms with Crippen molar-refractivity contribution >= 4 is 32.8 Å². The van der Waals surface area contributed by atoms with Crippen LogP contribution in [0.2, 0.25) is 0 Å². The van der Waals surface area contributed by atoms with Crippen molar-refractivity contribution in [2.75, 3.05) is 18.4 Å². The highest BCUT2D eigenvalue weighted by molar-refractivity contribution is 7.90. The van der Waals surface area contributed by atoms with E-state index in [1.54, 1.807) is 42.5 Å². The fourth-order valence-electron chi connectivity index (χ4n) is 2.85. The van der Waals surface area contributed by atoms with Gasteiger partial charge in [0, 0.05) is 11.6 Å². The monoisotopic (exact) mass is 436 g/mol. The molecule has 154 valence electrons. The molecule has 1 aliphatic heterocycles. The van der Waals surface area contributed by atoms with Crippen LogP contribution in [0.15, 0.2) is 71.6 Å². The van der Waals surface area contributed by atoms with E-state index in [0.29, 0.717) is 11.3 Å². The summed E-state index contributed by atoms with van der Waals surface area (Å²) in [7, 11) is -3.00. The number of ether oxygens (including phenoxy) is 1. The molecule has 2 unspecified atom stereocenters. The molecule has 29 heavy (non-hydrogen) atoms. The summed E-state index contributed by atoms with van der Waals surface area (Å²) >= 11 is -2.71. The first-order valence-electron chi connectivity index (χ1n) is 8.39. The first-order chi connectivity index (χ1) is 13.8. The number of sulfonamides is 1. The van der Waals surface area contributed by atoms with Gasteiger partial charge in [-0.15, -0.1) is 9.53 Å². The molecule has 1 heterocycles. The summed E-state index contributed by atoms with van der Waals surface area (Å²) in [6.45, 7) is 0. The maximum Gasteiger partial charge on any atom is 0.330 e. The Kier molecular flexibility index (Phi) is 6.45. The van der Waals surface area contributed by atoms with Crippen molar-refractivity contribution in [2.24, 2.45) is 0 Å². The number of rotatable bonds is 7. The number of anilines is 1. The highest BCUT2D eigenvalue weighted by Crippen LogP contribution is 2.38. The standard InChI is InChI=1S/C18H19N3O6S2/c1-27-18(22)12-11-17-15-9-5-6-10-16(15)19-21(17)20(13-28(23)24)29(25,26)14-7-3-2-4-8-14/h2-12,17,19H,13H2,1H3,(H,23,24)/p-1. The Labute approximate surface area is 170 Å². The fraction of sp³-hybridized carbons (Fsp3) is 0.167. The SMILES string of the molecule is COC(=O)C=CC1c2ccccc2NN1N(CS(=O)[O-])S(=O)(=O)c1ccccc1. The Morgan fingerprint density at radius 1 is 1.24 bits per heavy atom. The zero-order chi connectivity index (χ0) is 21.0. The molecule has 11 heteroatoms. The van der Waals surface area contributed by atoms with E-state index in [0.717, 1.165) is 10.5 Å². The van der Waals surface area contributed by atoms with Crippen LogP contribution in [0, 0.1) is 0 Å². The van der Waals surface area contributed by atoms with Crippen LogP contribution in [0.25, 0.3) is 0 Å². The molecule has 0 fully saturated rings. The van der Waals surface area contributed by atoms with Crippen molar-refractivity contribution in [3.8, 4) is 0 Å². The molecule has 0 aliphatic carbocycles. The lowest BCUT2D eigenvalue weighted by molar-refractivity contribution is -0.134. The minimum absolute atomic E-state index is 0.0705. The van der Waals surface area contributed by atoms with Crippen LogP contribution < -0.4 is 5.43 Å². The number of carbonyl (C=O) groups is 1. The molecule has 2 atom stereocenters. The Bertz CT molecular complexity index is 1040. The molecule has 1 N–H and O–H groups in total. The van der Waals surface area contributed by atoms with Gasteiger partial charge in [0.2, 0.25) is 0 Å². The fourth-order valence-corrected chi connectivity index (χ4v) is 5.09. The number of methoxy groups -OCH3 is 1. The van der Waals surface area contributed by atoms with Crippen molar-refractivity contribution in [3.05, 3.63) is 72.3 Å². The third-order valence-corrected chi connectivity index (χ3v) is 6.52. The number of hydrazine groups is 2. The third-order valence-electron chi connectivity index (χ3n) is 4.17. The van der Waals surface area contributed by atoms with Gasteiger partial charge in [0.1, 0.15) is 0 Å². The van der Waals surface area contributed by atoms with E-state index >= 15 is 0 Å². The second kappa shape index (κ2) is 8.84. The molecule has 2 aromatic carbocycles. The molecular weight excluding hydrogens is 418 g/mol. The van der Waals surface area contributed by atoms with Crippen LogP contribution in [-0.2, 0) is 30.6 Å². The van der Waals surface area contributed by atoms with E-state index in [9.17, 15) is 22.0 Å². The van der Waals surface area contributed by atoms with Gasteiger partial charge >= 0.3 is 5.97 Å². The Morgan fingerprint density at radius 2 is 1.90 bits per heavy atom. The van der Waals surface area contributed by atoms with Crippen molar-refractivity contribution in [1.29, 1.82) is 0 Å². The normalized spacial score (nSPS) is 17.8. The summed E-state index contributed by atoms with van der Waals surface area (Å²) in [6, 6.07) is 13.7. The van der Waals surface area contributed by atoms with Crippen LogP contribution in [0.5, 0.6) is 0 Å². The average molecular weight is 436 g/mol. The molecule has 0 amide bonds. The molecule has 2 aromatic rings. The van der Waals surface area contributed by atoms with Crippen molar-refractivity contribution in [1.82, 2.24) is 9.53 Å². The number of carbonyl (C=O) groups excluding carboxylic acids is 1. The van der Waals surface area contributed by atoms with Gasteiger partial charge in [-0.3, -0.25) is 4.21 Å². The Morgan fingerprint density at radius 3 is 2.55 bits per heavy atom. The first kappa shape index (κ1) is 21.1. The van der Waals surface area contributed by atoms with Crippen LogP contribution >= 0.6 is 0 Å². The van der Waals surface area contributed by atoms with E-state index < -0.39 is 39.0 Å². The van der Waals surface area contributed by atoms with E-state index in [-0.39, 0.29) is 4.90 Å². The molecule has 0 aromatic heterocycles. The molecule has 0 bridgehead atoms. The summed E-state index contributed by atoms with van der Waals surface area (Å²) in [5, 5.41) is 1.17. The number of benzene rings is 2. The van der Waals surface area contributed by atoms with E-state index in [1.807, 2.05) is 0 Å². The zero-order valence-corrected chi connectivity index (χ0v) is 16.9. The average Bonchev–Trinajstić information content (AvgIpc) is 3.08. The number of hydrogen-bond acceptors (Lipinski definition) is 8. The lowest BCUT2D eigenvalue weighted by Gasteiger charge is -2.34. The molecule has 1 aliphatic rings. The summed E-state index contributed by atoms with van der Waals surface area (Å²) in [6.07, 6.45) is 2.59. The maximum atomic E-state index is 13.2. The molecule has 0 saturated heterocycles. The number of hydrogen-bond donors (Lipinski definition) is 1. The van der Waals surface area contributed by atoms with Gasteiger partial charge in [0.25, 0.3) is 10.0 Å². The minimum Gasteiger partial charge on any atom is -0.771 e. The largest absolute Gasteiger partial charge is 0.771 e. The van der Waals surface area contributed by atoms with Crippen molar-refractivity contribution in [2.45, 2.75) is 10.9 Å². The van der Waals surface area contributed by atoms with Crippen LogP contribution in [0.1, 0.15) is 11.6 Å². The Balaban J connectivity index is 2.07. The predicted octanol–water partition coefficient (Wildman–Crippen LogP) is 1.54. The van der Waals surface area contributed by atoms with Gasteiger partial charge in [-0.25, -0.2) is 13.2 Å². The van der Waals surface area contributed by atoms with Gasteiger partial charge in [0.15, 0.2) is 0 Å². The minimum atomic E-state index is -4.22. The summed E-state index contributed by atoms with van der Waals surface area (Å²) in [5.41, 5.74) is 4.16. The van der Waals surface area contributed by atoms with Gasteiger partial charge in [-0.2, -0.15) is 0 Å². The van der Waals surface area contributed by atoms with Crippen LogP contribution in [0.4, 0.5) is 5.69 Å². The lowest BCUT2D eigenvalue weighted by Crippen LogP contribution is -2.49.